The number of guanidine groups is 1. The van der Waals surface area contributed by atoms with E-state index in [1.165, 1.54) is 52.1 Å². The fourth-order valence-electron chi connectivity index (χ4n) is 4.31. The summed E-state index contributed by atoms with van der Waals surface area (Å²) in [5.74, 6) is 1.01. The van der Waals surface area contributed by atoms with Crippen LogP contribution < -0.4 is 5.32 Å². The van der Waals surface area contributed by atoms with Gasteiger partial charge in [0, 0.05) is 59.5 Å². The third-order valence-corrected chi connectivity index (χ3v) is 6.08. The second-order valence-electron chi connectivity index (χ2n) is 7.86. The fraction of sp³-hybridized carbons (Fsp3) is 0.950. The number of hydrogen-bond donors (Lipinski definition) is 1. The summed E-state index contributed by atoms with van der Waals surface area (Å²) < 4.78 is 11.8. The molecule has 0 spiro atoms. The number of hydrogen-bond acceptors (Lipinski definition) is 5. The van der Waals surface area contributed by atoms with Gasteiger partial charge in [-0.3, -0.25) is 4.99 Å². The number of likely N-dealkylation sites (N-methyl/N-ethyl adjacent to an activating group) is 1. The zero-order chi connectivity index (χ0) is 18.9. The lowest BCUT2D eigenvalue weighted by molar-refractivity contribution is -0.0816. The molecule has 1 N–H and O–H groups in total. The summed E-state index contributed by atoms with van der Waals surface area (Å²) in [6.45, 7) is 14.0. The first-order valence-corrected chi connectivity index (χ1v) is 10.9. The highest BCUT2D eigenvalue weighted by Crippen LogP contribution is 2.21. The van der Waals surface area contributed by atoms with Crippen molar-refractivity contribution in [3.05, 3.63) is 0 Å². The number of nitrogens with one attached hydrogen (secondary N) is 1. The van der Waals surface area contributed by atoms with Gasteiger partial charge in [0.2, 0.25) is 0 Å². The average molecular weight is 382 g/mol. The minimum atomic E-state index is 0.182. The van der Waals surface area contributed by atoms with Crippen molar-refractivity contribution in [1.82, 2.24) is 20.0 Å². The molecule has 0 bridgehead atoms. The topological polar surface area (TPSA) is 52.6 Å². The smallest absolute Gasteiger partial charge is 0.193 e. The van der Waals surface area contributed by atoms with Crippen molar-refractivity contribution in [2.75, 3.05) is 79.2 Å². The number of ether oxygens (including phenoxy) is 2. The van der Waals surface area contributed by atoms with Crippen LogP contribution in [-0.4, -0.2) is 112 Å². The summed E-state index contributed by atoms with van der Waals surface area (Å²) in [4.78, 5) is 12.0. The molecule has 0 aromatic carbocycles. The van der Waals surface area contributed by atoms with Crippen LogP contribution in [0, 0.1) is 0 Å². The molecular weight excluding hydrogens is 342 g/mol. The highest BCUT2D eigenvalue weighted by Gasteiger charge is 2.32. The van der Waals surface area contributed by atoms with E-state index in [1.54, 1.807) is 0 Å². The molecule has 0 aromatic heterocycles. The Labute approximate surface area is 165 Å². The lowest BCUT2D eigenvalue weighted by atomic mass is 10.1. The summed E-state index contributed by atoms with van der Waals surface area (Å²) in [5.41, 5.74) is 0. The standard InChI is InChI=1S/C20H39N5O2/c1-3-23-10-12-24(13-11-23)9-5-4-8-22-20(21-2)25-14-16-27-19(17-25)18-7-6-15-26-18/h18-19H,3-17H2,1-2H3,(H,21,22). The van der Waals surface area contributed by atoms with E-state index in [4.69, 9.17) is 9.47 Å². The lowest BCUT2D eigenvalue weighted by Gasteiger charge is -2.37. The average Bonchev–Trinajstić information content (AvgIpc) is 3.26. The molecule has 2 unspecified atom stereocenters. The quantitative estimate of drug-likeness (QED) is 0.401. The summed E-state index contributed by atoms with van der Waals surface area (Å²) >= 11 is 0. The van der Waals surface area contributed by atoms with Gasteiger partial charge in [-0.05, 0) is 38.8 Å². The predicted molar refractivity (Wildman–Crippen MR) is 109 cm³/mol. The number of aliphatic imine (C=N–C) groups is 1. The van der Waals surface area contributed by atoms with Crippen molar-refractivity contribution < 1.29 is 9.47 Å². The monoisotopic (exact) mass is 381 g/mol. The van der Waals surface area contributed by atoms with Crippen molar-refractivity contribution >= 4 is 5.96 Å². The number of unbranched alkanes of at least 4 members (excludes halogenated alkanes) is 1. The van der Waals surface area contributed by atoms with Crippen LogP contribution in [-0.2, 0) is 9.47 Å². The second-order valence-corrected chi connectivity index (χ2v) is 7.86. The Kier molecular flexibility index (Phi) is 8.64. The van der Waals surface area contributed by atoms with Gasteiger partial charge < -0.3 is 29.5 Å². The zero-order valence-electron chi connectivity index (χ0n) is 17.4. The van der Waals surface area contributed by atoms with Gasteiger partial charge in [0.1, 0.15) is 6.10 Å². The van der Waals surface area contributed by atoms with Gasteiger partial charge in [0.15, 0.2) is 5.96 Å². The second kappa shape index (κ2) is 11.2. The van der Waals surface area contributed by atoms with E-state index in [9.17, 15) is 0 Å². The molecule has 0 radical (unpaired) electrons. The number of morpholine rings is 1. The molecule has 0 saturated carbocycles. The van der Waals surface area contributed by atoms with Crippen LogP contribution in [0.1, 0.15) is 32.6 Å². The van der Waals surface area contributed by atoms with Crippen molar-refractivity contribution in [3.8, 4) is 0 Å². The van der Waals surface area contributed by atoms with Crippen LogP contribution in [0.3, 0.4) is 0 Å². The van der Waals surface area contributed by atoms with Crippen LogP contribution in [0.4, 0.5) is 0 Å². The minimum absolute atomic E-state index is 0.182. The van der Waals surface area contributed by atoms with Gasteiger partial charge in [0.25, 0.3) is 0 Å². The summed E-state index contributed by atoms with van der Waals surface area (Å²) in [6, 6.07) is 0. The normalized spacial score (nSPS) is 28.7. The van der Waals surface area contributed by atoms with Crippen LogP contribution in [0.2, 0.25) is 0 Å². The number of rotatable bonds is 7. The van der Waals surface area contributed by atoms with Crippen LogP contribution >= 0.6 is 0 Å². The van der Waals surface area contributed by atoms with Gasteiger partial charge in [-0.25, -0.2) is 0 Å². The molecule has 0 aliphatic carbocycles. The van der Waals surface area contributed by atoms with E-state index in [1.807, 2.05) is 7.05 Å². The van der Waals surface area contributed by atoms with Crippen molar-refractivity contribution in [2.24, 2.45) is 4.99 Å². The van der Waals surface area contributed by atoms with Gasteiger partial charge >= 0.3 is 0 Å². The summed E-state index contributed by atoms with van der Waals surface area (Å²) in [7, 11) is 1.88. The van der Waals surface area contributed by atoms with Crippen LogP contribution in [0.15, 0.2) is 4.99 Å². The van der Waals surface area contributed by atoms with Crippen molar-refractivity contribution in [2.45, 2.75) is 44.8 Å². The SMILES string of the molecule is CCN1CCN(CCCCNC(=NC)N2CCOC(C3CCCO3)C2)CC1. The van der Waals surface area contributed by atoms with E-state index in [0.717, 1.165) is 51.6 Å². The Morgan fingerprint density at radius 3 is 2.48 bits per heavy atom. The number of piperazine rings is 1. The van der Waals surface area contributed by atoms with E-state index in [2.05, 4.69) is 31.9 Å². The molecule has 0 aromatic rings. The highest BCUT2D eigenvalue weighted by molar-refractivity contribution is 5.80. The molecule has 2 atom stereocenters. The third-order valence-electron chi connectivity index (χ3n) is 6.08. The first kappa shape index (κ1) is 20.8. The molecule has 7 heteroatoms. The highest BCUT2D eigenvalue weighted by atomic mass is 16.5. The van der Waals surface area contributed by atoms with Crippen molar-refractivity contribution in [1.29, 1.82) is 0 Å². The largest absolute Gasteiger partial charge is 0.375 e. The maximum absolute atomic E-state index is 5.95. The third kappa shape index (κ3) is 6.31. The molecule has 3 fully saturated rings. The van der Waals surface area contributed by atoms with E-state index < -0.39 is 0 Å². The minimum Gasteiger partial charge on any atom is -0.375 e. The molecule has 0 amide bonds. The Balaban J connectivity index is 1.31. The molecule has 27 heavy (non-hydrogen) atoms. The Morgan fingerprint density at radius 1 is 1.00 bits per heavy atom. The van der Waals surface area contributed by atoms with Gasteiger partial charge in [-0.2, -0.15) is 0 Å². The summed E-state index contributed by atoms with van der Waals surface area (Å²) in [6.07, 6.45) is 5.16. The van der Waals surface area contributed by atoms with Crippen LogP contribution in [0.5, 0.6) is 0 Å². The fourth-order valence-corrected chi connectivity index (χ4v) is 4.31. The summed E-state index contributed by atoms with van der Waals surface area (Å²) in [5, 5.41) is 3.56. The molecule has 3 heterocycles. The maximum Gasteiger partial charge on any atom is 0.193 e. The molecule has 3 aliphatic heterocycles. The van der Waals surface area contributed by atoms with Crippen molar-refractivity contribution in [3.63, 3.8) is 0 Å². The molecule has 3 saturated heterocycles. The van der Waals surface area contributed by atoms with E-state index >= 15 is 0 Å². The van der Waals surface area contributed by atoms with Gasteiger partial charge in [0.05, 0.1) is 12.7 Å². The molecule has 156 valence electrons. The predicted octanol–water partition coefficient (Wildman–Crippen LogP) is 0.859. The van der Waals surface area contributed by atoms with Gasteiger partial charge in [-0.1, -0.05) is 6.92 Å². The Bertz CT molecular complexity index is 448. The Hall–Kier alpha value is -0.890. The van der Waals surface area contributed by atoms with Crippen LogP contribution in [0.25, 0.3) is 0 Å². The number of nitrogens with zero attached hydrogens (tertiary/aromatic N) is 4. The van der Waals surface area contributed by atoms with E-state index in [-0.39, 0.29) is 12.2 Å². The lowest BCUT2D eigenvalue weighted by Crippen LogP contribution is -2.53. The Morgan fingerprint density at radius 2 is 1.78 bits per heavy atom. The first-order valence-electron chi connectivity index (χ1n) is 10.9. The van der Waals surface area contributed by atoms with E-state index in [0.29, 0.717) is 0 Å². The molecular formula is C20H39N5O2. The molecule has 3 aliphatic rings. The van der Waals surface area contributed by atoms with Gasteiger partial charge in [-0.15, -0.1) is 0 Å². The molecule has 7 nitrogen and oxygen atoms in total. The molecule has 3 rings (SSSR count). The maximum atomic E-state index is 5.95. The first-order chi connectivity index (χ1) is 13.3. The zero-order valence-corrected chi connectivity index (χ0v) is 17.4.